The lowest BCUT2D eigenvalue weighted by molar-refractivity contribution is 0.0939. The molecule has 1 amide bonds. The first-order chi connectivity index (χ1) is 9.06. The first kappa shape index (κ1) is 13.7. The van der Waals surface area contributed by atoms with Crippen molar-refractivity contribution in [3.63, 3.8) is 0 Å². The van der Waals surface area contributed by atoms with Crippen LogP contribution in [0.15, 0.2) is 47.2 Å². The molecule has 2 rings (SSSR count). The lowest BCUT2D eigenvalue weighted by Gasteiger charge is -2.14. The maximum absolute atomic E-state index is 12.1. The quantitative estimate of drug-likeness (QED) is 0.938. The Bertz CT molecular complexity index is 581. The molecule has 1 aromatic carbocycles. The monoisotopic (exact) mass is 318 g/mol. The molecule has 0 bridgehead atoms. The largest absolute Gasteiger partial charge is 0.345 e. The molecule has 0 aliphatic carbocycles. The van der Waals surface area contributed by atoms with E-state index in [1.54, 1.807) is 12.4 Å². The zero-order valence-electron chi connectivity index (χ0n) is 10.9. The predicted octanol–water partition coefficient (Wildman–Crippen LogP) is 3.64. The van der Waals surface area contributed by atoms with Crippen LogP contribution < -0.4 is 5.32 Å². The minimum Gasteiger partial charge on any atom is -0.345 e. The van der Waals surface area contributed by atoms with Gasteiger partial charge in [-0.1, -0.05) is 28.1 Å². The maximum Gasteiger partial charge on any atom is 0.253 e. The molecule has 0 aliphatic rings. The smallest absolute Gasteiger partial charge is 0.253 e. The van der Waals surface area contributed by atoms with Crippen LogP contribution in [-0.2, 0) is 0 Å². The van der Waals surface area contributed by atoms with E-state index in [-0.39, 0.29) is 11.9 Å². The van der Waals surface area contributed by atoms with E-state index < -0.39 is 0 Å². The normalized spacial score (nSPS) is 11.9. The Hall–Kier alpha value is -1.68. The Kier molecular flexibility index (Phi) is 4.32. The Morgan fingerprint density at radius 3 is 2.58 bits per heavy atom. The molecule has 3 nitrogen and oxygen atoms in total. The Labute approximate surface area is 121 Å². The summed E-state index contributed by atoms with van der Waals surface area (Å²) in [4.78, 5) is 16.1. The number of aryl methyl sites for hydroxylation is 1. The number of pyridine rings is 1. The molecule has 0 spiro atoms. The van der Waals surface area contributed by atoms with Crippen molar-refractivity contribution in [2.75, 3.05) is 0 Å². The van der Waals surface area contributed by atoms with Crippen molar-refractivity contribution >= 4 is 21.8 Å². The van der Waals surface area contributed by atoms with Gasteiger partial charge < -0.3 is 5.32 Å². The van der Waals surface area contributed by atoms with E-state index in [0.29, 0.717) is 5.56 Å². The van der Waals surface area contributed by atoms with Crippen molar-refractivity contribution < 1.29 is 4.79 Å². The van der Waals surface area contributed by atoms with Gasteiger partial charge in [0.1, 0.15) is 0 Å². The second-order valence-electron chi connectivity index (χ2n) is 4.50. The summed E-state index contributed by atoms with van der Waals surface area (Å²) in [7, 11) is 0. The molecule has 0 saturated carbocycles. The third kappa shape index (κ3) is 3.64. The van der Waals surface area contributed by atoms with Gasteiger partial charge in [0.15, 0.2) is 0 Å². The van der Waals surface area contributed by atoms with Crippen molar-refractivity contribution in [2.45, 2.75) is 19.9 Å². The van der Waals surface area contributed by atoms with Gasteiger partial charge in [0, 0.05) is 16.9 Å². The molecule has 1 N–H and O–H groups in total. The third-order valence-corrected chi connectivity index (χ3v) is 3.38. The van der Waals surface area contributed by atoms with Gasteiger partial charge in [-0.25, -0.2) is 0 Å². The predicted molar refractivity (Wildman–Crippen MR) is 79.0 cm³/mol. The summed E-state index contributed by atoms with van der Waals surface area (Å²) in [5, 5.41) is 2.96. The van der Waals surface area contributed by atoms with E-state index in [0.717, 1.165) is 15.6 Å². The summed E-state index contributed by atoms with van der Waals surface area (Å²) in [6, 6.07) is 9.70. The van der Waals surface area contributed by atoms with Crippen LogP contribution in [0.1, 0.15) is 34.5 Å². The van der Waals surface area contributed by atoms with E-state index in [2.05, 4.69) is 26.2 Å². The van der Waals surface area contributed by atoms with Crippen molar-refractivity contribution in [1.29, 1.82) is 0 Å². The highest BCUT2D eigenvalue weighted by atomic mass is 79.9. The third-order valence-electron chi connectivity index (χ3n) is 2.85. The van der Waals surface area contributed by atoms with Crippen LogP contribution >= 0.6 is 15.9 Å². The molecule has 1 unspecified atom stereocenters. The van der Waals surface area contributed by atoms with Crippen LogP contribution in [0.4, 0.5) is 0 Å². The van der Waals surface area contributed by atoms with Crippen molar-refractivity contribution in [3.05, 3.63) is 63.9 Å². The number of rotatable bonds is 3. The van der Waals surface area contributed by atoms with Crippen molar-refractivity contribution in [1.82, 2.24) is 10.3 Å². The number of carbonyl (C=O) groups is 1. The van der Waals surface area contributed by atoms with Gasteiger partial charge in [-0.05, 0) is 43.2 Å². The lowest BCUT2D eigenvalue weighted by atomic mass is 10.1. The highest BCUT2D eigenvalue weighted by molar-refractivity contribution is 9.10. The van der Waals surface area contributed by atoms with Crippen molar-refractivity contribution in [3.8, 4) is 0 Å². The zero-order valence-corrected chi connectivity index (χ0v) is 12.4. The maximum atomic E-state index is 12.1. The SMILES string of the molecule is Cc1cncc(C(=O)NC(C)c2ccc(Br)cc2)c1. The van der Waals surface area contributed by atoms with E-state index in [1.807, 2.05) is 44.2 Å². The van der Waals surface area contributed by atoms with Crippen LogP contribution in [0.25, 0.3) is 0 Å². The van der Waals surface area contributed by atoms with E-state index in [4.69, 9.17) is 0 Å². The topological polar surface area (TPSA) is 42.0 Å². The lowest BCUT2D eigenvalue weighted by Crippen LogP contribution is -2.26. The number of nitrogens with one attached hydrogen (secondary N) is 1. The van der Waals surface area contributed by atoms with Crippen LogP contribution in [0.2, 0.25) is 0 Å². The van der Waals surface area contributed by atoms with Crippen LogP contribution in [-0.4, -0.2) is 10.9 Å². The van der Waals surface area contributed by atoms with E-state index >= 15 is 0 Å². The molecule has 0 saturated heterocycles. The molecule has 1 aromatic heterocycles. The molecule has 19 heavy (non-hydrogen) atoms. The summed E-state index contributed by atoms with van der Waals surface area (Å²) >= 11 is 3.39. The second kappa shape index (κ2) is 5.97. The fourth-order valence-electron chi connectivity index (χ4n) is 1.79. The number of carbonyl (C=O) groups excluding carboxylic acids is 1. The van der Waals surface area contributed by atoms with Crippen LogP contribution in [0.5, 0.6) is 0 Å². The number of hydrogen-bond donors (Lipinski definition) is 1. The highest BCUT2D eigenvalue weighted by Gasteiger charge is 2.11. The van der Waals surface area contributed by atoms with Gasteiger partial charge >= 0.3 is 0 Å². The average molecular weight is 319 g/mol. The molecule has 1 heterocycles. The molecule has 2 aromatic rings. The molecular formula is C15H15BrN2O. The van der Waals surface area contributed by atoms with Crippen LogP contribution in [0.3, 0.4) is 0 Å². The highest BCUT2D eigenvalue weighted by Crippen LogP contribution is 2.17. The zero-order chi connectivity index (χ0) is 13.8. The van der Waals surface area contributed by atoms with Crippen molar-refractivity contribution in [2.24, 2.45) is 0 Å². The fourth-order valence-corrected chi connectivity index (χ4v) is 2.06. The summed E-state index contributed by atoms with van der Waals surface area (Å²) in [5.41, 5.74) is 2.63. The average Bonchev–Trinajstić information content (AvgIpc) is 2.39. The Morgan fingerprint density at radius 1 is 1.26 bits per heavy atom. The molecule has 0 fully saturated rings. The summed E-state index contributed by atoms with van der Waals surface area (Å²) < 4.78 is 1.03. The summed E-state index contributed by atoms with van der Waals surface area (Å²) in [6.45, 7) is 3.88. The number of aromatic nitrogens is 1. The fraction of sp³-hybridized carbons (Fsp3) is 0.200. The first-order valence-electron chi connectivity index (χ1n) is 6.04. The Morgan fingerprint density at radius 2 is 1.95 bits per heavy atom. The van der Waals surface area contributed by atoms with E-state index in [1.165, 1.54) is 0 Å². The van der Waals surface area contributed by atoms with Gasteiger partial charge in [-0.2, -0.15) is 0 Å². The second-order valence-corrected chi connectivity index (χ2v) is 5.41. The number of hydrogen-bond acceptors (Lipinski definition) is 2. The van der Waals surface area contributed by atoms with E-state index in [9.17, 15) is 4.79 Å². The standard InChI is InChI=1S/C15H15BrN2O/c1-10-7-13(9-17-8-10)15(19)18-11(2)12-3-5-14(16)6-4-12/h3-9,11H,1-2H3,(H,18,19). The first-order valence-corrected chi connectivity index (χ1v) is 6.83. The minimum absolute atomic E-state index is 0.0406. The molecule has 0 radical (unpaired) electrons. The molecular weight excluding hydrogens is 304 g/mol. The van der Waals surface area contributed by atoms with Gasteiger partial charge in [0.2, 0.25) is 0 Å². The summed E-state index contributed by atoms with van der Waals surface area (Å²) in [6.07, 6.45) is 3.31. The summed E-state index contributed by atoms with van der Waals surface area (Å²) in [5.74, 6) is -0.105. The van der Waals surface area contributed by atoms with Gasteiger partial charge in [0.05, 0.1) is 11.6 Å². The molecule has 98 valence electrons. The number of amides is 1. The van der Waals surface area contributed by atoms with Gasteiger partial charge in [-0.3, -0.25) is 9.78 Å². The number of benzene rings is 1. The Balaban J connectivity index is 2.08. The minimum atomic E-state index is -0.105. The molecule has 0 aliphatic heterocycles. The molecule has 4 heteroatoms. The van der Waals surface area contributed by atoms with Gasteiger partial charge in [-0.15, -0.1) is 0 Å². The van der Waals surface area contributed by atoms with Gasteiger partial charge in [0.25, 0.3) is 5.91 Å². The molecule has 1 atom stereocenters. The van der Waals surface area contributed by atoms with Crippen LogP contribution in [0, 0.1) is 6.92 Å². The number of nitrogens with zero attached hydrogens (tertiary/aromatic N) is 1. The number of halogens is 1.